The van der Waals surface area contributed by atoms with Gasteiger partial charge >= 0.3 is 0 Å². The van der Waals surface area contributed by atoms with Crippen LogP contribution in [0.25, 0.3) is 6.08 Å². The van der Waals surface area contributed by atoms with Crippen molar-refractivity contribution in [2.45, 2.75) is 25.6 Å². The second-order valence-corrected chi connectivity index (χ2v) is 9.44. The molecule has 1 atom stereocenters. The minimum Gasteiger partial charge on any atom is -0.340 e. The van der Waals surface area contributed by atoms with Crippen molar-refractivity contribution in [1.82, 2.24) is 4.98 Å². The van der Waals surface area contributed by atoms with Crippen molar-refractivity contribution in [3.05, 3.63) is 41.0 Å². The third-order valence-corrected chi connectivity index (χ3v) is 7.01. The van der Waals surface area contributed by atoms with Crippen LogP contribution in [-0.4, -0.2) is 15.3 Å². The maximum Gasteiger partial charge on any atom is 0.130 e. The van der Waals surface area contributed by atoms with Crippen molar-refractivity contribution in [3.8, 4) is 0 Å². The molecule has 80 valence electrons. The predicted octanol–water partition coefficient (Wildman–Crippen LogP) is 3.15. The molecule has 2 heteroatoms. The van der Waals surface area contributed by atoms with E-state index in [1.807, 2.05) is 0 Å². The molecule has 0 saturated carbocycles. The van der Waals surface area contributed by atoms with Crippen molar-refractivity contribution < 1.29 is 0 Å². The van der Waals surface area contributed by atoms with Gasteiger partial charge in [-0.05, 0) is 25.1 Å². The third-order valence-electron chi connectivity index (χ3n) is 3.51. The minimum atomic E-state index is -1.38. The summed E-state index contributed by atoms with van der Waals surface area (Å²) in [6, 6.07) is 8.77. The zero-order valence-electron chi connectivity index (χ0n) is 9.96. The Morgan fingerprint density at radius 1 is 1.20 bits per heavy atom. The summed E-state index contributed by atoms with van der Waals surface area (Å²) in [5.41, 5.74) is 5.08. The van der Waals surface area contributed by atoms with Gasteiger partial charge in [-0.15, -0.1) is 0 Å². The summed E-state index contributed by atoms with van der Waals surface area (Å²) in [6.45, 7) is 7.06. The second-order valence-electron chi connectivity index (χ2n) is 4.92. The Morgan fingerprint density at radius 3 is 2.53 bits per heavy atom. The second kappa shape index (κ2) is 3.61. The summed E-state index contributed by atoms with van der Waals surface area (Å²) in [7, 11) is 0.721. The van der Waals surface area contributed by atoms with Crippen LogP contribution in [0.5, 0.6) is 0 Å². The van der Waals surface area contributed by atoms with Crippen LogP contribution in [0.1, 0.15) is 23.6 Å². The first kappa shape index (κ1) is 10.6. The molecule has 0 radical (unpaired) electrons. The molecule has 1 N–H and O–H groups in total. The molecule has 0 spiro atoms. The van der Waals surface area contributed by atoms with Crippen LogP contribution in [0.3, 0.4) is 0 Å². The molecule has 0 aliphatic heterocycles. The van der Waals surface area contributed by atoms with E-state index in [-0.39, 0.29) is 0 Å². The fourth-order valence-corrected chi connectivity index (χ4v) is 5.13. The molecule has 1 unspecified atom stereocenters. The fraction of sp³-hybridized carbons (Fsp3) is 0.385. The SMILES string of the molecule is CN[Si](C)(C)C1C(C)=Cc2ccccc21. The summed E-state index contributed by atoms with van der Waals surface area (Å²) in [4.78, 5) is 3.55. The summed E-state index contributed by atoms with van der Waals surface area (Å²) < 4.78 is 0. The highest BCUT2D eigenvalue weighted by molar-refractivity contribution is 6.77. The summed E-state index contributed by atoms with van der Waals surface area (Å²) in [5.74, 6) is 0. The van der Waals surface area contributed by atoms with E-state index in [9.17, 15) is 0 Å². The number of hydrogen-bond donors (Lipinski definition) is 1. The molecule has 1 aliphatic rings. The monoisotopic (exact) mass is 217 g/mol. The highest BCUT2D eigenvalue weighted by atomic mass is 28.3. The number of fused-ring (bicyclic) bond motifs is 1. The molecule has 1 nitrogen and oxygen atoms in total. The average molecular weight is 217 g/mol. The Labute approximate surface area is 93.3 Å². The zero-order chi connectivity index (χ0) is 11.1. The lowest BCUT2D eigenvalue weighted by Crippen LogP contribution is -2.48. The van der Waals surface area contributed by atoms with Crippen molar-refractivity contribution >= 4 is 14.3 Å². The van der Waals surface area contributed by atoms with Crippen LogP contribution in [0.4, 0.5) is 0 Å². The number of hydrogen-bond acceptors (Lipinski definition) is 1. The van der Waals surface area contributed by atoms with E-state index in [1.165, 1.54) is 16.7 Å². The van der Waals surface area contributed by atoms with Crippen molar-refractivity contribution in [2.75, 3.05) is 7.05 Å². The maximum atomic E-state index is 3.55. The summed E-state index contributed by atoms with van der Waals surface area (Å²) in [6.07, 6.45) is 2.34. The molecule has 2 rings (SSSR count). The molecular formula is C13H19NSi. The Bertz CT molecular complexity index is 407. The van der Waals surface area contributed by atoms with Gasteiger partial charge in [0.15, 0.2) is 0 Å². The summed E-state index contributed by atoms with van der Waals surface area (Å²) >= 11 is 0. The minimum absolute atomic E-state index is 0.638. The lowest BCUT2D eigenvalue weighted by Gasteiger charge is -2.31. The van der Waals surface area contributed by atoms with E-state index in [1.54, 1.807) is 0 Å². The molecule has 1 aliphatic carbocycles. The Hall–Kier alpha value is -0.863. The number of nitrogens with one attached hydrogen (secondary N) is 1. The van der Waals surface area contributed by atoms with Crippen LogP contribution in [0.15, 0.2) is 29.8 Å². The standard InChI is InChI=1S/C13H19NSi/c1-10-9-11-7-5-6-8-12(11)13(10)15(3,4)14-2/h5-9,13-14H,1-4H3. The third kappa shape index (κ3) is 1.68. The van der Waals surface area contributed by atoms with Crippen LogP contribution in [-0.2, 0) is 0 Å². The maximum absolute atomic E-state index is 3.55. The van der Waals surface area contributed by atoms with Crippen LogP contribution >= 0.6 is 0 Å². The van der Waals surface area contributed by atoms with Crippen molar-refractivity contribution in [1.29, 1.82) is 0 Å². The highest BCUT2D eigenvalue weighted by Crippen LogP contribution is 2.40. The van der Waals surface area contributed by atoms with Gasteiger partial charge < -0.3 is 4.98 Å². The van der Waals surface area contributed by atoms with Crippen LogP contribution < -0.4 is 4.98 Å². The fourth-order valence-electron chi connectivity index (χ4n) is 2.58. The van der Waals surface area contributed by atoms with Gasteiger partial charge in [0.25, 0.3) is 0 Å². The van der Waals surface area contributed by atoms with Crippen molar-refractivity contribution in [3.63, 3.8) is 0 Å². The number of benzene rings is 1. The highest BCUT2D eigenvalue weighted by Gasteiger charge is 2.36. The quantitative estimate of drug-likeness (QED) is 0.750. The first-order chi connectivity index (χ1) is 7.06. The van der Waals surface area contributed by atoms with E-state index in [0.29, 0.717) is 5.54 Å². The molecule has 1 aromatic carbocycles. The van der Waals surface area contributed by atoms with E-state index in [2.05, 4.69) is 62.4 Å². The van der Waals surface area contributed by atoms with Crippen molar-refractivity contribution in [2.24, 2.45) is 0 Å². The summed E-state index contributed by atoms with van der Waals surface area (Å²) in [5, 5.41) is 0. The predicted molar refractivity (Wildman–Crippen MR) is 69.4 cm³/mol. The van der Waals surface area contributed by atoms with Gasteiger partial charge in [-0.1, -0.05) is 49.0 Å². The largest absolute Gasteiger partial charge is 0.340 e. The van der Waals surface area contributed by atoms with E-state index in [0.717, 1.165) is 0 Å². The van der Waals surface area contributed by atoms with Gasteiger partial charge in [0.05, 0.1) is 0 Å². The molecule has 0 amide bonds. The molecule has 0 saturated heterocycles. The Balaban J connectivity index is 2.48. The van der Waals surface area contributed by atoms with Gasteiger partial charge in [0.2, 0.25) is 0 Å². The Morgan fingerprint density at radius 2 is 1.87 bits per heavy atom. The number of rotatable bonds is 2. The molecule has 0 fully saturated rings. The van der Waals surface area contributed by atoms with Gasteiger partial charge in [0.1, 0.15) is 8.24 Å². The van der Waals surface area contributed by atoms with Crippen LogP contribution in [0.2, 0.25) is 13.1 Å². The topological polar surface area (TPSA) is 12.0 Å². The van der Waals surface area contributed by atoms with E-state index >= 15 is 0 Å². The first-order valence-electron chi connectivity index (χ1n) is 5.52. The van der Waals surface area contributed by atoms with Gasteiger partial charge in [-0.3, -0.25) is 0 Å². The van der Waals surface area contributed by atoms with E-state index < -0.39 is 8.24 Å². The molecule has 15 heavy (non-hydrogen) atoms. The number of allylic oxidation sites excluding steroid dienone is 1. The molecule has 1 aromatic rings. The Kier molecular flexibility index (Phi) is 2.57. The molecule has 0 aromatic heterocycles. The van der Waals surface area contributed by atoms with Gasteiger partial charge in [-0.25, -0.2) is 0 Å². The normalized spacial score (nSPS) is 20.0. The smallest absolute Gasteiger partial charge is 0.130 e. The molecule has 0 heterocycles. The molecular weight excluding hydrogens is 198 g/mol. The first-order valence-corrected chi connectivity index (χ1v) is 8.60. The molecule has 0 bridgehead atoms. The average Bonchev–Trinajstić information content (AvgIpc) is 2.54. The lowest BCUT2D eigenvalue weighted by molar-refractivity contribution is 0.991. The van der Waals surface area contributed by atoms with Gasteiger partial charge in [-0.2, -0.15) is 0 Å². The van der Waals surface area contributed by atoms with Gasteiger partial charge in [0, 0.05) is 5.54 Å². The van der Waals surface area contributed by atoms with Crippen LogP contribution in [0, 0.1) is 0 Å². The zero-order valence-corrected chi connectivity index (χ0v) is 11.0. The lowest BCUT2D eigenvalue weighted by atomic mass is 10.1. The van der Waals surface area contributed by atoms with E-state index in [4.69, 9.17) is 0 Å².